The van der Waals surface area contributed by atoms with Crippen molar-refractivity contribution < 1.29 is 4.79 Å². The molecule has 0 radical (unpaired) electrons. The summed E-state index contributed by atoms with van der Waals surface area (Å²) in [7, 11) is 0. The molecule has 1 saturated heterocycles. The topological polar surface area (TPSA) is 46.3 Å². The zero-order chi connectivity index (χ0) is 12.5. The smallest absolute Gasteiger partial charge is 0.254 e. The molecule has 100 valence electrons. The summed E-state index contributed by atoms with van der Waals surface area (Å²) in [4.78, 5) is 14.3. The van der Waals surface area contributed by atoms with Gasteiger partial charge in [-0.3, -0.25) is 4.79 Å². The first-order chi connectivity index (χ1) is 8.75. The van der Waals surface area contributed by atoms with Crippen LogP contribution in [0.5, 0.6) is 0 Å². The second kappa shape index (κ2) is 5.59. The Morgan fingerprint density at radius 3 is 2.63 bits per heavy atom. The lowest BCUT2D eigenvalue weighted by Gasteiger charge is -2.17. The van der Waals surface area contributed by atoms with E-state index in [0.717, 1.165) is 29.3 Å². The quantitative estimate of drug-likeness (QED) is 0.870. The number of benzene rings is 2. The number of hydrogen-bond acceptors (Lipinski definition) is 2. The molecule has 1 aliphatic rings. The maximum atomic E-state index is 12.5. The molecule has 1 unspecified atom stereocenters. The first kappa shape index (κ1) is 13.8. The second-order valence-electron chi connectivity index (χ2n) is 4.83. The number of carbonyl (C=O) groups excluding carboxylic acids is 1. The van der Waals surface area contributed by atoms with Crippen LogP contribution in [0.25, 0.3) is 10.8 Å². The minimum absolute atomic E-state index is 0. The Morgan fingerprint density at radius 1 is 1.16 bits per heavy atom. The summed E-state index contributed by atoms with van der Waals surface area (Å²) in [5.41, 5.74) is 6.64. The predicted octanol–water partition coefficient (Wildman–Crippen LogP) is 2.43. The average molecular weight is 277 g/mol. The van der Waals surface area contributed by atoms with Gasteiger partial charge < -0.3 is 10.6 Å². The van der Waals surface area contributed by atoms with Gasteiger partial charge in [-0.2, -0.15) is 0 Å². The van der Waals surface area contributed by atoms with Gasteiger partial charge in [-0.1, -0.05) is 36.4 Å². The van der Waals surface area contributed by atoms with Crippen molar-refractivity contribution in [2.75, 3.05) is 13.1 Å². The zero-order valence-electron chi connectivity index (χ0n) is 10.6. The molecular formula is C15H17ClN2O. The lowest BCUT2D eigenvalue weighted by atomic mass is 10.0. The van der Waals surface area contributed by atoms with E-state index in [0.29, 0.717) is 6.54 Å². The number of nitrogens with zero attached hydrogens (tertiary/aromatic N) is 1. The molecular weight excluding hydrogens is 260 g/mol. The molecule has 4 heteroatoms. The Hall–Kier alpha value is -1.58. The number of hydrogen-bond donors (Lipinski definition) is 1. The molecule has 1 atom stereocenters. The third-order valence-corrected chi connectivity index (χ3v) is 3.53. The van der Waals surface area contributed by atoms with E-state index in [-0.39, 0.29) is 24.4 Å². The van der Waals surface area contributed by atoms with Crippen molar-refractivity contribution >= 4 is 29.1 Å². The molecule has 0 aromatic heterocycles. The molecule has 0 aliphatic carbocycles. The normalized spacial score (nSPS) is 18.4. The number of halogens is 1. The van der Waals surface area contributed by atoms with Gasteiger partial charge >= 0.3 is 0 Å². The number of amides is 1. The van der Waals surface area contributed by atoms with Crippen LogP contribution < -0.4 is 5.73 Å². The number of likely N-dealkylation sites (tertiary alicyclic amines) is 1. The van der Waals surface area contributed by atoms with Crippen LogP contribution in [0.1, 0.15) is 16.8 Å². The van der Waals surface area contributed by atoms with E-state index >= 15 is 0 Å². The van der Waals surface area contributed by atoms with Gasteiger partial charge in [-0.05, 0) is 23.3 Å². The van der Waals surface area contributed by atoms with Crippen molar-refractivity contribution in [3.8, 4) is 0 Å². The fraction of sp³-hybridized carbons (Fsp3) is 0.267. The van der Waals surface area contributed by atoms with E-state index < -0.39 is 0 Å². The summed E-state index contributed by atoms with van der Waals surface area (Å²) in [6.07, 6.45) is 0.899. The Kier molecular flexibility index (Phi) is 4.08. The Bertz CT molecular complexity index is 594. The zero-order valence-corrected chi connectivity index (χ0v) is 11.4. The van der Waals surface area contributed by atoms with Crippen LogP contribution in [0.4, 0.5) is 0 Å². The van der Waals surface area contributed by atoms with Crippen molar-refractivity contribution in [1.82, 2.24) is 4.90 Å². The van der Waals surface area contributed by atoms with E-state index in [4.69, 9.17) is 5.73 Å². The van der Waals surface area contributed by atoms with E-state index in [1.165, 1.54) is 0 Å². The summed E-state index contributed by atoms with van der Waals surface area (Å²) < 4.78 is 0. The summed E-state index contributed by atoms with van der Waals surface area (Å²) in [6.45, 7) is 1.44. The molecule has 0 saturated carbocycles. The minimum atomic E-state index is 0. The first-order valence-electron chi connectivity index (χ1n) is 6.28. The molecule has 1 amide bonds. The lowest BCUT2D eigenvalue weighted by Crippen LogP contribution is -2.31. The summed E-state index contributed by atoms with van der Waals surface area (Å²) >= 11 is 0. The summed E-state index contributed by atoms with van der Waals surface area (Å²) in [5, 5.41) is 2.12. The van der Waals surface area contributed by atoms with Crippen LogP contribution >= 0.6 is 12.4 Å². The molecule has 3 nitrogen and oxygen atoms in total. The lowest BCUT2D eigenvalue weighted by molar-refractivity contribution is 0.0793. The van der Waals surface area contributed by atoms with Crippen LogP contribution in [0, 0.1) is 0 Å². The molecule has 2 N–H and O–H groups in total. The Balaban J connectivity index is 0.00000133. The van der Waals surface area contributed by atoms with Crippen molar-refractivity contribution in [2.24, 2.45) is 5.73 Å². The van der Waals surface area contributed by atoms with Crippen LogP contribution in [-0.4, -0.2) is 29.9 Å². The van der Waals surface area contributed by atoms with E-state index in [9.17, 15) is 4.79 Å². The monoisotopic (exact) mass is 276 g/mol. The highest BCUT2D eigenvalue weighted by Crippen LogP contribution is 2.21. The molecule has 0 spiro atoms. The minimum Gasteiger partial charge on any atom is -0.337 e. The highest BCUT2D eigenvalue weighted by molar-refractivity contribution is 6.07. The average Bonchev–Trinajstić information content (AvgIpc) is 2.84. The van der Waals surface area contributed by atoms with Gasteiger partial charge in [0.1, 0.15) is 0 Å². The molecule has 3 rings (SSSR count). The molecule has 0 bridgehead atoms. The van der Waals surface area contributed by atoms with Crippen LogP contribution in [0.15, 0.2) is 42.5 Å². The van der Waals surface area contributed by atoms with Gasteiger partial charge in [0.2, 0.25) is 0 Å². The number of fused-ring (bicyclic) bond motifs is 1. The second-order valence-corrected chi connectivity index (χ2v) is 4.83. The number of carbonyl (C=O) groups is 1. The number of rotatable bonds is 1. The Labute approximate surface area is 118 Å². The predicted molar refractivity (Wildman–Crippen MR) is 79.7 cm³/mol. The molecule has 1 aliphatic heterocycles. The van der Waals surface area contributed by atoms with E-state index in [1.807, 2.05) is 47.4 Å². The highest BCUT2D eigenvalue weighted by Gasteiger charge is 2.25. The first-order valence-corrected chi connectivity index (χ1v) is 6.28. The Morgan fingerprint density at radius 2 is 1.89 bits per heavy atom. The maximum Gasteiger partial charge on any atom is 0.254 e. The van der Waals surface area contributed by atoms with Gasteiger partial charge in [0.15, 0.2) is 0 Å². The highest BCUT2D eigenvalue weighted by atomic mass is 35.5. The van der Waals surface area contributed by atoms with Gasteiger partial charge in [0.25, 0.3) is 5.91 Å². The summed E-state index contributed by atoms with van der Waals surface area (Å²) in [5.74, 6) is 0.0970. The summed E-state index contributed by atoms with van der Waals surface area (Å²) in [6, 6.07) is 14.0. The maximum absolute atomic E-state index is 12.5. The third-order valence-electron chi connectivity index (χ3n) is 3.53. The van der Waals surface area contributed by atoms with Gasteiger partial charge in [-0.25, -0.2) is 0 Å². The van der Waals surface area contributed by atoms with Crippen LogP contribution in [0.2, 0.25) is 0 Å². The fourth-order valence-electron chi connectivity index (χ4n) is 2.55. The van der Waals surface area contributed by atoms with E-state index in [1.54, 1.807) is 0 Å². The number of nitrogens with two attached hydrogens (primary N) is 1. The molecule has 1 heterocycles. The molecule has 1 fully saturated rings. The van der Waals surface area contributed by atoms with Crippen molar-refractivity contribution in [3.63, 3.8) is 0 Å². The largest absolute Gasteiger partial charge is 0.337 e. The SMILES string of the molecule is Cl.NC1CCN(C(=O)c2cccc3ccccc23)C1. The standard InChI is InChI=1S/C15H16N2O.ClH/c16-12-8-9-17(10-12)15(18)14-7-3-5-11-4-1-2-6-13(11)14;/h1-7,12H,8-10,16H2;1H. The van der Waals surface area contributed by atoms with Gasteiger partial charge in [-0.15, -0.1) is 12.4 Å². The van der Waals surface area contributed by atoms with Crippen molar-refractivity contribution in [1.29, 1.82) is 0 Å². The van der Waals surface area contributed by atoms with Crippen molar-refractivity contribution in [3.05, 3.63) is 48.0 Å². The van der Waals surface area contributed by atoms with Crippen molar-refractivity contribution in [2.45, 2.75) is 12.5 Å². The fourth-order valence-corrected chi connectivity index (χ4v) is 2.55. The third kappa shape index (κ3) is 2.57. The van der Waals surface area contributed by atoms with Gasteiger partial charge in [0.05, 0.1) is 0 Å². The molecule has 19 heavy (non-hydrogen) atoms. The van der Waals surface area contributed by atoms with Crippen LogP contribution in [-0.2, 0) is 0 Å². The van der Waals surface area contributed by atoms with Crippen LogP contribution in [0.3, 0.4) is 0 Å². The molecule has 2 aromatic carbocycles. The van der Waals surface area contributed by atoms with E-state index in [2.05, 4.69) is 0 Å². The molecule has 2 aromatic rings. The van der Waals surface area contributed by atoms with Gasteiger partial charge in [0, 0.05) is 24.7 Å².